The minimum absolute atomic E-state index is 0.0389. The van der Waals surface area contributed by atoms with Gasteiger partial charge in [0.1, 0.15) is 10.4 Å². The third-order valence-electron chi connectivity index (χ3n) is 4.46. The Labute approximate surface area is 151 Å². The Kier molecular flexibility index (Phi) is 4.36. The smallest absolute Gasteiger partial charge is 0.308 e. The molecule has 1 aliphatic carbocycles. The van der Waals surface area contributed by atoms with Gasteiger partial charge in [-0.3, -0.25) is 4.79 Å². The topological polar surface area (TPSA) is 86.5 Å². The molecule has 6 nitrogen and oxygen atoms in total. The highest BCUT2D eigenvalue weighted by atomic mass is 35.5. The molecule has 0 unspecified atom stereocenters. The van der Waals surface area contributed by atoms with Crippen molar-refractivity contribution in [2.24, 2.45) is 5.92 Å². The van der Waals surface area contributed by atoms with Crippen LogP contribution in [-0.2, 0) is 24.8 Å². The summed E-state index contributed by atoms with van der Waals surface area (Å²) >= 11 is 6.20. The van der Waals surface area contributed by atoms with E-state index in [4.69, 9.17) is 16.0 Å². The van der Waals surface area contributed by atoms with Crippen molar-refractivity contribution in [2.75, 3.05) is 7.11 Å². The van der Waals surface area contributed by atoms with Crippen LogP contribution in [0.3, 0.4) is 0 Å². The van der Waals surface area contributed by atoms with Crippen molar-refractivity contribution in [3.63, 3.8) is 0 Å². The van der Waals surface area contributed by atoms with Crippen LogP contribution in [0.15, 0.2) is 21.4 Å². The van der Waals surface area contributed by atoms with Gasteiger partial charge in [0.05, 0.1) is 23.3 Å². The van der Waals surface area contributed by atoms with E-state index in [1.807, 2.05) is 20.8 Å². The normalized spacial score (nSPS) is 21.2. The number of carbonyl (C=O) groups is 1. The van der Waals surface area contributed by atoms with E-state index in [1.54, 1.807) is 6.07 Å². The van der Waals surface area contributed by atoms with Crippen LogP contribution in [0.2, 0.25) is 5.02 Å². The van der Waals surface area contributed by atoms with Crippen LogP contribution in [0.5, 0.6) is 0 Å². The molecule has 1 saturated carbocycles. The van der Waals surface area contributed by atoms with E-state index in [9.17, 15) is 13.2 Å². The summed E-state index contributed by atoms with van der Waals surface area (Å²) in [6.45, 7) is 5.79. The fourth-order valence-electron chi connectivity index (χ4n) is 2.87. The van der Waals surface area contributed by atoms with E-state index in [2.05, 4.69) is 9.72 Å². The summed E-state index contributed by atoms with van der Waals surface area (Å²) in [5.74, 6) is -0.324. The van der Waals surface area contributed by atoms with Gasteiger partial charge >= 0.3 is 5.97 Å². The van der Waals surface area contributed by atoms with Gasteiger partial charge in [-0.15, -0.1) is 0 Å². The average Bonchev–Trinajstić information content (AvgIpc) is 2.88. The second kappa shape index (κ2) is 5.99. The van der Waals surface area contributed by atoms with Gasteiger partial charge in [-0.25, -0.2) is 13.4 Å². The second-order valence-corrected chi connectivity index (χ2v) is 9.92. The minimum atomic E-state index is -3.74. The third kappa shape index (κ3) is 3.04. The molecule has 0 aliphatic heterocycles. The number of ether oxygens (including phenoxy) is 1. The van der Waals surface area contributed by atoms with E-state index in [0.717, 1.165) is 0 Å². The van der Waals surface area contributed by atoms with Crippen molar-refractivity contribution in [3.8, 4) is 0 Å². The molecule has 1 aliphatic rings. The maximum absolute atomic E-state index is 13.0. The summed E-state index contributed by atoms with van der Waals surface area (Å²) in [7, 11) is -2.44. The summed E-state index contributed by atoms with van der Waals surface area (Å²) < 4.78 is 36.5. The monoisotopic (exact) mass is 385 g/mol. The first-order valence-corrected chi connectivity index (χ1v) is 9.89. The number of carbonyl (C=O) groups excluding carboxylic acids is 1. The summed E-state index contributed by atoms with van der Waals surface area (Å²) in [6, 6.07) is 3.16. The number of sulfone groups is 1. The molecule has 0 spiro atoms. The van der Waals surface area contributed by atoms with Gasteiger partial charge in [-0.1, -0.05) is 32.4 Å². The number of fused-ring (bicyclic) bond motifs is 1. The zero-order valence-electron chi connectivity index (χ0n) is 14.5. The van der Waals surface area contributed by atoms with Crippen molar-refractivity contribution < 1.29 is 22.4 Å². The molecule has 0 atom stereocenters. The largest absolute Gasteiger partial charge is 0.469 e. The lowest BCUT2D eigenvalue weighted by Crippen LogP contribution is -2.40. The molecule has 136 valence electrons. The molecule has 2 aromatic rings. The lowest BCUT2D eigenvalue weighted by atomic mass is 9.85. The van der Waals surface area contributed by atoms with Crippen LogP contribution >= 0.6 is 11.6 Å². The molecule has 8 heteroatoms. The van der Waals surface area contributed by atoms with Gasteiger partial charge in [0.15, 0.2) is 15.4 Å². The zero-order chi connectivity index (χ0) is 18.6. The predicted molar refractivity (Wildman–Crippen MR) is 93.4 cm³/mol. The number of rotatable bonds is 3. The van der Waals surface area contributed by atoms with E-state index >= 15 is 0 Å². The fourth-order valence-corrected chi connectivity index (χ4v) is 5.40. The molecule has 0 saturated heterocycles. The number of aromatic nitrogens is 1. The van der Waals surface area contributed by atoms with Gasteiger partial charge in [-0.2, -0.15) is 0 Å². The number of oxazole rings is 1. The molecule has 1 aromatic carbocycles. The Bertz CT molecular complexity index is 936. The summed E-state index contributed by atoms with van der Waals surface area (Å²) in [4.78, 5) is 15.9. The molecule has 1 fully saturated rings. The molecule has 0 amide bonds. The van der Waals surface area contributed by atoms with Gasteiger partial charge in [0, 0.05) is 5.41 Å². The van der Waals surface area contributed by atoms with Crippen molar-refractivity contribution in [1.29, 1.82) is 0 Å². The van der Waals surface area contributed by atoms with Gasteiger partial charge in [0.2, 0.25) is 5.89 Å². The van der Waals surface area contributed by atoms with E-state index < -0.39 is 15.1 Å². The van der Waals surface area contributed by atoms with Crippen molar-refractivity contribution in [1.82, 2.24) is 4.98 Å². The molecule has 0 N–H and O–H groups in total. The van der Waals surface area contributed by atoms with Crippen molar-refractivity contribution >= 4 is 38.5 Å². The first kappa shape index (κ1) is 18.2. The summed E-state index contributed by atoms with van der Waals surface area (Å²) in [6.07, 6.45) is 0.448. The SMILES string of the molecule is COC(=O)[C@H]1C[C@H](S(=O)(=O)c2c(Cl)ccc3nc(C(C)(C)C)oc23)C1. The van der Waals surface area contributed by atoms with Gasteiger partial charge in [-0.05, 0) is 25.0 Å². The maximum atomic E-state index is 13.0. The minimum Gasteiger partial charge on any atom is -0.469 e. The standard InChI is InChI=1S/C17H20ClNO5S/c1-17(2,3)16-19-12-6-5-11(18)14(13(12)24-16)25(21,22)10-7-9(8-10)15(20)23-4/h5-6,9-10H,7-8H2,1-4H3/t9-,10-. The van der Waals surface area contributed by atoms with Crippen molar-refractivity contribution in [2.45, 2.75) is 49.2 Å². The zero-order valence-corrected chi connectivity index (χ0v) is 16.1. The number of nitrogens with zero attached hydrogens (tertiary/aromatic N) is 1. The molecule has 1 heterocycles. The Hall–Kier alpha value is -1.60. The van der Waals surface area contributed by atoms with Crippen molar-refractivity contribution in [3.05, 3.63) is 23.0 Å². The summed E-state index contributed by atoms with van der Waals surface area (Å²) in [5.41, 5.74) is 0.273. The Morgan fingerprint density at radius 2 is 1.96 bits per heavy atom. The molecular formula is C17H20ClNO5S. The van der Waals surface area contributed by atoms with Gasteiger partial charge in [0.25, 0.3) is 0 Å². The highest BCUT2D eigenvalue weighted by molar-refractivity contribution is 7.92. The number of hydrogen-bond acceptors (Lipinski definition) is 6. The van der Waals surface area contributed by atoms with Crippen LogP contribution in [0.4, 0.5) is 0 Å². The lowest BCUT2D eigenvalue weighted by Gasteiger charge is -2.32. The molecule has 25 heavy (non-hydrogen) atoms. The van der Waals surface area contributed by atoms with Crippen LogP contribution in [0.1, 0.15) is 39.5 Å². The quantitative estimate of drug-likeness (QED) is 0.751. The highest BCUT2D eigenvalue weighted by Crippen LogP contribution is 2.42. The van der Waals surface area contributed by atoms with E-state index in [0.29, 0.717) is 11.4 Å². The maximum Gasteiger partial charge on any atom is 0.308 e. The second-order valence-electron chi connectivity index (χ2n) is 7.35. The van der Waals surface area contributed by atoms with Crippen LogP contribution in [0, 0.1) is 5.92 Å². The molecule has 3 rings (SSSR count). The Morgan fingerprint density at radius 3 is 2.52 bits per heavy atom. The predicted octanol–water partition coefficient (Wildman–Crippen LogP) is 3.50. The van der Waals surface area contributed by atoms with Crippen LogP contribution in [-0.4, -0.2) is 31.7 Å². The van der Waals surface area contributed by atoms with Crippen LogP contribution < -0.4 is 0 Å². The highest BCUT2D eigenvalue weighted by Gasteiger charge is 2.45. The Morgan fingerprint density at radius 1 is 1.32 bits per heavy atom. The molecule has 0 radical (unpaired) electrons. The summed E-state index contributed by atoms with van der Waals surface area (Å²) in [5, 5.41) is -0.575. The average molecular weight is 386 g/mol. The number of hydrogen-bond donors (Lipinski definition) is 0. The number of methoxy groups -OCH3 is 1. The van der Waals surface area contributed by atoms with E-state index in [1.165, 1.54) is 13.2 Å². The van der Waals surface area contributed by atoms with Gasteiger partial charge < -0.3 is 9.15 Å². The third-order valence-corrected chi connectivity index (χ3v) is 7.12. The Balaban J connectivity index is 2.04. The fraction of sp³-hybridized carbons (Fsp3) is 0.529. The van der Waals surface area contributed by atoms with E-state index in [-0.39, 0.29) is 45.6 Å². The molecule has 0 bridgehead atoms. The first-order chi connectivity index (χ1) is 11.6. The molecular weight excluding hydrogens is 366 g/mol. The number of halogens is 1. The molecule has 1 aromatic heterocycles. The first-order valence-electron chi connectivity index (χ1n) is 7.97. The van der Waals surface area contributed by atoms with Crippen LogP contribution in [0.25, 0.3) is 11.1 Å². The lowest BCUT2D eigenvalue weighted by molar-refractivity contribution is -0.148. The number of benzene rings is 1. The number of esters is 1.